The zero-order chi connectivity index (χ0) is 30.9. The Bertz CT molecular complexity index is 1270. The summed E-state index contributed by atoms with van der Waals surface area (Å²) in [7, 11) is 0. The molecule has 0 spiro atoms. The number of hydrogen-bond donors (Lipinski definition) is 3. The van der Waals surface area contributed by atoms with Crippen molar-refractivity contribution in [1.29, 1.82) is 0 Å². The van der Waals surface area contributed by atoms with Crippen LogP contribution in [0.4, 0.5) is 17.6 Å². The molecule has 10 heteroatoms. The molecule has 2 amide bonds. The van der Waals surface area contributed by atoms with Gasteiger partial charge in [0.1, 0.15) is 5.82 Å². The van der Waals surface area contributed by atoms with E-state index in [0.29, 0.717) is 32.0 Å². The lowest BCUT2D eigenvalue weighted by Gasteiger charge is -2.44. The summed E-state index contributed by atoms with van der Waals surface area (Å²) >= 11 is 0. The van der Waals surface area contributed by atoms with E-state index in [1.807, 2.05) is 44.2 Å². The lowest BCUT2D eigenvalue weighted by atomic mass is 9.64. The predicted octanol–water partition coefficient (Wildman–Crippen LogP) is 5.16. The van der Waals surface area contributed by atoms with Gasteiger partial charge in [-0.15, -0.1) is 0 Å². The lowest BCUT2D eigenvalue weighted by Crippen LogP contribution is -2.54. The third-order valence-electron chi connectivity index (χ3n) is 7.63. The van der Waals surface area contributed by atoms with E-state index in [0.717, 1.165) is 17.7 Å². The molecule has 4 N–H and O–H groups in total. The number of nitrogens with zero attached hydrogens (tertiary/aromatic N) is 1. The number of allylic oxidation sites excluding steroid dienone is 2. The van der Waals surface area contributed by atoms with Crippen LogP contribution in [0.3, 0.4) is 0 Å². The minimum atomic E-state index is -4.63. The largest absolute Gasteiger partial charge is 0.416 e. The van der Waals surface area contributed by atoms with Gasteiger partial charge in [-0.05, 0) is 49.4 Å². The molecule has 0 fully saturated rings. The molecule has 0 radical (unpaired) electrons. The summed E-state index contributed by atoms with van der Waals surface area (Å²) in [5, 5.41) is 14.5. The third-order valence-corrected chi connectivity index (χ3v) is 7.63. The van der Waals surface area contributed by atoms with E-state index in [4.69, 9.17) is 5.73 Å². The van der Waals surface area contributed by atoms with Crippen LogP contribution in [-0.4, -0.2) is 47.6 Å². The summed E-state index contributed by atoms with van der Waals surface area (Å²) in [6, 6.07) is 11.5. The first-order valence-corrected chi connectivity index (χ1v) is 14.2. The molecule has 0 heterocycles. The first-order valence-electron chi connectivity index (χ1n) is 14.2. The topological polar surface area (TPSA) is 95.7 Å². The van der Waals surface area contributed by atoms with Crippen LogP contribution in [0, 0.1) is 17.2 Å². The first-order chi connectivity index (χ1) is 19.9. The highest BCUT2D eigenvalue weighted by molar-refractivity contribution is 5.95. The van der Waals surface area contributed by atoms with Crippen molar-refractivity contribution in [3.05, 3.63) is 94.8 Å². The van der Waals surface area contributed by atoms with E-state index in [2.05, 4.69) is 5.32 Å². The summed E-state index contributed by atoms with van der Waals surface area (Å²) in [5.74, 6) is -2.47. The summed E-state index contributed by atoms with van der Waals surface area (Å²) < 4.78 is 53.9. The molecule has 0 saturated heterocycles. The second-order valence-corrected chi connectivity index (χ2v) is 10.7. The second-order valence-electron chi connectivity index (χ2n) is 10.7. The van der Waals surface area contributed by atoms with Crippen LogP contribution in [0.25, 0.3) is 0 Å². The summed E-state index contributed by atoms with van der Waals surface area (Å²) in [6.45, 7) is 4.47. The Kier molecular flexibility index (Phi) is 11.5. The van der Waals surface area contributed by atoms with E-state index in [1.54, 1.807) is 23.1 Å². The van der Waals surface area contributed by atoms with Gasteiger partial charge in [0, 0.05) is 43.2 Å². The number of rotatable bonds is 14. The maximum absolute atomic E-state index is 14.4. The summed E-state index contributed by atoms with van der Waals surface area (Å²) in [6.07, 6.45) is 0.742. The van der Waals surface area contributed by atoms with E-state index in [1.165, 1.54) is 0 Å². The summed E-state index contributed by atoms with van der Waals surface area (Å²) in [4.78, 5) is 28.4. The number of benzene rings is 2. The molecule has 228 valence electrons. The predicted molar refractivity (Wildman–Crippen MR) is 153 cm³/mol. The van der Waals surface area contributed by atoms with Crippen molar-refractivity contribution in [1.82, 2.24) is 10.2 Å². The summed E-state index contributed by atoms with van der Waals surface area (Å²) in [5.41, 5.74) is 4.25. The monoisotopic (exact) mass is 589 g/mol. The van der Waals surface area contributed by atoms with E-state index in [9.17, 15) is 32.3 Å². The molecule has 1 unspecified atom stereocenters. The molecule has 2 aromatic carbocycles. The molecule has 1 aliphatic rings. The van der Waals surface area contributed by atoms with Gasteiger partial charge in [-0.25, -0.2) is 4.39 Å². The number of nitrogens with one attached hydrogen (secondary N) is 1. The molecule has 6 nitrogen and oxygen atoms in total. The van der Waals surface area contributed by atoms with E-state index >= 15 is 0 Å². The molecule has 0 aromatic heterocycles. The van der Waals surface area contributed by atoms with Crippen molar-refractivity contribution >= 4 is 11.8 Å². The number of alkyl halides is 3. The highest BCUT2D eigenvalue weighted by Gasteiger charge is 2.49. The Morgan fingerprint density at radius 3 is 2.36 bits per heavy atom. The van der Waals surface area contributed by atoms with Crippen molar-refractivity contribution in [3.63, 3.8) is 0 Å². The third kappa shape index (κ3) is 8.07. The van der Waals surface area contributed by atoms with Crippen molar-refractivity contribution in [3.8, 4) is 0 Å². The Morgan fingerprint density at radius 2 is 1.76 bits per heavy atom. The van der Waals surface area contributed by atoms with Crippen molar-refractivity contribution < 1.29 is 32.3 Å². The van der Waals surface area contributed by atoms with Crippen LogP contribution in [0.5, 0.6) is 0 Å². The maximum atomic E-state index is 14.4. The van der Waals surface area contributed by atoms with Crippen molar-refractivity contribution in [2.45, 2.75) is 58.4 Å². The second kappa shape index (κ2) is 14.6. The van der Waals surface area contributed by atoms with Gasteiger partial charge >= 0.3 is 6.18 Å². The average molecular weight is 590 g/mol. The number of aliphatic hydroxyl groups is 1. The average Bonchev–Trinajstić information content (AvgIpc) is 2.96. The Labute approximate surface area is 244 Å². The molecule has 3 rings (SSSR count). The number of carbonyl (C=O) groups is 2. The Balaban J connectivity index is 1.98. The van der Waals surface area contributed by atoms with Gasteiger partial charge in [-0.3, -0.25) is 9.59 Å². The van der Waals surface area contributed by atoms with Crippen LogP contribution in [-0.2, 0) is 28.7 Å². The van der Waals surface area contributed by atoms with Gasteiger partial charge in [0.25, 0.3) is 0 Å². The molecule has 0 saturated carbocycles. The molecular formula is C32H39F4N3O3. The molecule has 42 heavy (non-hydrogen) atoms. The number of nitrogens with two attached hydrogens (primary N) is 1. The molecule has 0 aliphatic heterocycles. The van der Waals surface area contributed by atoms with Crippen LogP contribution in [0.1, 0.15) is 49.8 Å². The Morgan fingerprint density at radius 1 is 1.10 bits per heavy atom. The number of hydrogen-bond acceptors (Lipinski definition) is 4. The molecule has 3 atom stereocenters. The fourth-order valence-corrected chi connectivity index (χ4v) is 5.56. The fraction of sp³-hybridized carbons (Fsp3) is 0.438. The van der Waals surface area contributed by atoms with E-state index in [-0.39, 0.29) is 43.0 Å². The lowest BCUT2D eigenvalue weighted by molar-refractivity contribution is -0.145. The minimum Gasteiger partial charge on any atom is -0.391 e. The Hall–Kier alpha value is -3.50. The first kappa shape index (κ1) is 33.0. The molecular weight excluding hydrogens is 550 g/mol. The SMILES string of the molecule is CCCN(CCC)C(=O)C1([C@H](Cc2ccccc2)[C@@H](O)CNCc2cc(C(F)(F)F)ccc2F)C=CC=C(C(N)=O)C1. The van der Waals surface area contributed by atoms with Crippen LogP contribution < -0.4 is 11.1 Å². The standard InChI is InChI=1S/C32H39F4N3O3/c1-3-15-39(16-4-2)30(42)31(14-8-11-23(19-31)29(37)41)26(17-22-9-6-5-7-10-22)28(40)21-38-20-24-18-25(32(34,35)36)12-13-27(24)33/h5-14,18,26,28,38,40H,3-4,15-17,19-21H2,1-2H3,(H2,37,41)/t26-,28+,31?/m1/s1. The molecule has 2 aromatic rings. The minimum absolute atomic E-state index is 0.0155. The van der Waals surface area contributed by atoms with Crippen LogP contribution >= 0.6 is 0 Å². The number of carbonyl (C=O) groups excluding carboxylic acids is 2. The zero-order valence-electron chi connectivity index (χ0n) is 24.0. The number of aliphatic hydroxyl groups excluding tert-OH is 1. The van der Waals surface area contributed by atoms with Gasteiger partial charge in [-0.1, -0.05) is 62.4 Å². The van der Waals surface area contributed by atoms with Crippen molar-refractivity contribution in [2.24, 2.45) is 17.1 Å². The van der Waals surface area contributed by atoms with Gasteiger partial charge in [-0.2, -0.15) is 13.2 Å². The highest BCUT2D eigenvalue weighted by atomic mass is 19.4. The van der Waals surface area contributed by atoms with Gasteiger partial charge in [0.15, 0.2) is 0 Å². The van der Waals surface area contributed by atoms with Crippen LogP contribution in [0.15, 0.2) is 72.3 Å². The number of amides is 2. The quantitative estimate of drug-likeness (QED) is 0.265. The number of primary amides is 1. The zero-order valence-corrected chi connectivity index (χ0v) is 24.0. The van der Waals surface area contributed by atoms with E-state index < -0.39 is 40.9 Å². The molecule has 1 aliphatic carbocycles. The maximum Gasteiger partial charge on any atom is 0.416 e. The van der Waals surface area contributed by atoms with Gasteiger partial charge in [0.05, 0.1) is 17.1 Å². The van der Waals surface area contributed by atoms with Gasteiger partial charge < -0.3 is 21.1 Å². The van der Waals surface area contributed by atoms with Crippen molar-refractivity contribution in [2.75, 3.05) is 19.6 Å². The van der Waals surface area contributed by atoms with Crippen LogP contribution in [0.2, 0.25) is 0 Å². The number of halogens is 4. The molecule has 0 bridgehead atoms. The van der Waals surface area contributed by atoms with Gasteiger partial charge in [0.2, 0.25) is 11.8 Å². The normalized spacial score (nSPS) is 18.3. The highest BCUT2D eigenvalue weighted by Crippen LogP contribution is 2.44. The fourth-order valence-electron chi connectivity index (χ4n) is 5.56. The smallest absolute Gasteiger partial charge is 0.391 e.